The van der Waals surface area contributed by atoms with Gasteiger partial charge in [0.1, 0.15) is 23.0 Å². The molecule has 2 N–H and O–H groups in total. The fraction of sp³-hybridized carbons (Fsp3) is 0.543. The summed E-state index contributed by atoms with van der Waals surface area (Å²) in [5.74, 6) is -8.87. The molecule has 0 aliphatic carbocycles. The number of aryl methyl sites for hydroxylation is 2. The first-order chi connectivity index (χ1) is 23.8. The van der Waals surface area contributed by atoms with Gasteiger partial charge in [0.2, 0.25) is 5.89 Å². The van der Waals surface area contributed by atoms with Crippen LogP contribution in [-0.2, 0) is 21.9 Å². The van der Waals surface area contributed by atoms with Crippen molar-refractivity contribution in [3.63, 3.8) is 0 Å². The Morgan fingerprint density at radius 2 is 1.65 bits per heavy atom. The van der Waals surface area contributed by atoms with E-state index in [0.717, 1.165) is 18.1 Å². The van der Waals surface area contributed by atoms with Gasteiger partial charge in [-0.05, 0) is 83.0 Å². The van der Waals surface area contributed by atoms with Crippen molar-refractivity contribution in [2.45, 2.75) is 104 Å². The molecule has 52 heavy (non-hydrogen) atoms. The lowest BCUT2D eigenvalue weighted by atomic mass is 9.95. The molecule has 17 heteroatoms. The van der Waals surface area contributed by atoms with Crippen LogP contribution < -0.4 is 10.5 Å². The van der Waals surface area contributed by atoms with Crippen molar-refractivity contribution in [2.24, 2.45) is 5.73 Å². The number of hydrogen-bond donors (Lipinski definition) is 1. The van der Waals surface area contributed by atoms with E-state index in [-0.39, 0.29) is 47.4 Å². The summed E-state index contributed by atoms with van der Waals surface area (Å²) in [4.78, 5) is 22.6. The molecule has 1 atom stereocenters. The van der Waals surface area contributed by atoms with E-state index in [4.69, 9.17) is 10.2 Å². The van der Waals surface area contributed by atoms with E-state index in [2.05, 4.69) is 19.7 Å². The average Bonchev–Trinajstić information content (AvgIpc) is 3.49. The lowest BCUT2D eigenvalue weighted by molar-refractivity contribution is -0.274. The number of benzene rings is 2. The number of nitrogens with two attached hydrogens (primary N) is 1. The molecule has 9 nitrogen and oxygen atoms in total. The summed E-state index contributed by atoms with van der Waals surface area (Å²) in [5.41, 5.74) is 4.62. The number of piperidine rings is 1. The molecule has 4 rings (SSSR count). The van der Waals surface area contributed by atoms with Crippen LogP contribution in [0.3, 0.4) is 0 Å². The molecule has 1 saturated heterocycles. The van der Waals surface area contributed by atoms with Crippen molar-refractivity contribution in [3.8, 4) is 17.2 Å². The third-order valence-corrected chi connectivity index (χ3v) is 7.42. The molecule has 1 amide bonds. The predicted molar refractivity (Wildman–Crippen MR) is 176 cm³/mol. The molecule has 0 saturated carbocycles. The second-order valence-corrected chi connectivity index (χ2v) is 13.2. The number of nitrogens with zero attached hydrogens (tertiary/aromatic N) is 3. The first-order valence-electron chi connectivity index (χ1n) is 16.3. The van der Waals surface area contributed by atoms with E-state index < -0.39 is 60.0 Å². The zero-order chi connectivity index (χ0) is 39.7. The number of aromatic nitrogens is 2. The Morgan fingerprint density at radius 3 is 2.13 bits per heavy atom. The van der Waals surface area contributed by atoms with Crippen LogP contribution in [0.15, 0.2) is 40.8 Å². The average molecular weight is 753 g/mol. The SMILES string of the molecule is CC(C)(C)OC(N)=O.CCN1CC(c2nnc(-c3cc(C)c(C(F)(F)CCC(C)=O)cc3F)o2)CC(F)(F)C1.CCc1ccc(OC(F)(F)F)cc1. The van der Waals surface area contributed by atoms with Gasteiger partial charge in [-0.3, -0.25) is 4.90 Å². The fourth-order valence-corrected chi connectivity index (χ4v) is 5.04. The van der Waals surface area contributed by atoms with Gasteiger partial charge < -0.3 is 24.4 Å². The quantitative estimate of drug-likeness (QED) is 0.215. The van der Waals surface area contributed by atoms with Crippen molar-refractivity contribution < 1.29 is 58.6 Å². The molecule has 0 spiro atoms. The van der Waals surface area contributed by atoms with Gasteiger partial charge in [0, 0.05) is 31.4 Å². The molecule has 1 unspecified atom stereocenters. The zero-order valence-electron chi connectivity index (χ0n) is 30.0. The topological polar surface area (TPSA) is 121 Å². The van der Waals surface area contributed by atoms with Crippen molar-refractivity contribution in [3.05, 3.63) is 64.8 Å². The van der Waals surface area contributed by atoms with Gasteiger partial charge in [-0.25, -0.2) is 26.7 Å². The van der Waals surface area contributed by atoms with Crippen molar-refractivity contribution >= 4 is 11.9 Å². The highest BCUT2D eigenvalue weighted by Gasteiger charge is 2.42. The lowest BCUT2D eigenvalue weighted by Crippen LogP contribution is -2.46. The first kappa shape index (κ1) is 43.9. The summed E-state index contributed by atoms with van der Waals surface area (Å²) in [6, 6.07) is 7.71. The number of hydrogen-bond acceptors (Lipinski definition) is 8. The summed E-state index contributed by atoms with van der Waals surface area (Å²) < 4.78 is 120. The Hall–Kier alpha value is -4.28. The molecule has 1 aromatic heterocycles. The standard InChI is InChI=1S/C21H24F5N3O2.C9H9F3O.C5H11NO2/c1-4-29-10-14(9-20(23,24)11-29)18-27-28-19(31-18)15-7-12(2)16(8-17(15)22)21(25,26)6-5-13(3)30;1-2-7-3-5-8(6-4-7)13-9(10,11)12;1-5(2,3)8-4(6)7/h7-8,14H,4-6,9-11H2,1-3H3;3-6H,2H2,1H3;1-3H3,(H2,6,7). The van der Waals surface area contributed by atoms with Crippen molar-refractivity contribution in [1.29, 1.82) is 0 Å². The fourth-order valence-electron chi connectivity index (χ4n) is 5.04. The van der Waals surface area contributed by atoms with Gasteiger partial charge in [0.25, 0.3) is 17.7 Å². The number of Topliss-reactive ketones (excluding diaryl/α,β-unsaturated/α-hetero) is 1. The van der Waals surface area contributed by atoms with E-state index in [0.29, 0.717) is 19.2 Å². The van der Waals surface area contributed by atoms with Gasteiger partial charge in [-0.1, -0.05) is 26.0 Å². The molecular formula is C35H44F8N4O5. The summed E-state index contributed by atoms with van der Waals surface area (Å²) in [6.45, 7) is 12.0. The van der Waals surface area contributed by atoms with Gasteiger partial charge in [-0.2, -0.15) is 0 Å². The number of likely N-dealkylation sites (tertiary alicyclic amines) is 1. The Labute approximate surface area is 296 Å². The molecule has 2 heterocycles. The minimum atomic E-state index is -4.60. The van der Waals surface area contributed by atoms with Crippen LogP contribution in [0, 0.1) is 12.7 Å². The Morgan fingerprint density at radius 1 is 1.04 bits per heavy atom. The molecule has 290 valence electrons. The number of ether oxygens (including phenoxy) is 2. The maximum atomic E-state index is 14.7. The number of likely N-dealkylation sites (N-methyl/N-ethyl adjacent to an activating group) is 1. The van der Waals surface area contributed by atoms with Crippen molar-refractivity contribution in [1.82, 2.24) is 15.1 Å². The largest absolute Gasteiger partial charge is 0.573 e. The number of halogens is 8. The van der Waals surface area contributed by atoms with E-state index in [1.165, 1.54) is 26.0 Å². The number of ketones is 1. The van der Waals surface area contributed by atoms with Crippen LogP contribution in [0.2, 0.25) is 0 Å². The molecule has 0 radical (unpaired) electrons. The smallest absolute Gasteiger partial charge is 0.444 e. The number of alkyl halides is 7. The maximum absolute atomic E-state index is 14.7. The number of rotatable bonds is 9. The van der Waals surface area contributed by atoms with E-state index in [1.54, 1.807) is 44.7 Å². The highest BCUT2D eigenvalue weighted by atomic mass is 19.4. The second kappa shape index (κ2) is 18.0. The van der Waals surface area contributed by atoms with E-state index in [9.17, 15) is 44.7 Å². The van der Waals surface area contributed by atoms with Gasteiger partial charge in [0.05, 0.1) is 18.0 Å². The Kier molecular flexibility index (Phi) is 15.2. The molecule has 0 bridgehead atoms. The van der Waals surface area contributed by atoms with Crippen LogP contribution in [0.4, 0.5) is 39.9 Å². The van der Waals surface area contributed by atoms with Crippen LogP contribution >= 0.6 is 0 Å². The van der Waals surface area contributed by atoms with Crippen LogP contribution in [0.25, 0.3) is 11.5 Å². The minimum Gasteiger partial charge on any atom is -0.444 e. The number of primary amides is 1. The Balaban J connectivity index is 0.000000365. The predicted octanol–water partition coefficient (Wildman–Crippen LogP) is 9.12. The molecular weight excluding hydrogens is 708 g/mol. The van der Waals surface area contributed by atoms with E-state index in [1.807, 2.05) is 6.92 Å². The van der Waals surface area contributed by atoms with Crippen LogP contribution in [-0.4, -0.2) is 64.5 Å². The van der Waals surface area contributed by atoms with Crippen LogP contribution in [0.5, 0.6) is 5.75 Å². The third kappa shape index (κ3) is 14.8. The molecule has 1 fully saturated rings. The number of carbonyl (C=O) groups is 2. The highest BCUT2D eigenvalue weighted by Crippen LogP contribution is 2.39. The highest BCUT2D eigenvalue weighted by molar-refractivity contribution is 5.75. The van der Waals surface area contributed by atoms with Crippen LogP contribution in [0.1, 0.15) is 89.3 Å². The first-order valence-corrected chi connectivity index (χ1v) is 16.3. The third-order valence-electron chi connectivity index (χ3n) is 7.42. The molecule has 2 aromatic carbocycles. The summed E-state index contributed by atoms with van der Waals surface area (Å²) in [6.07, 6.45) is -6.05. The van der Waals surface area contributed by atoms with Gasteiger partial charge in [-0.15, -0.1) is 23.4 Å². The lowest BCUT2D eigenvalue weighted by Gasteiger charge is -2.35. The zero-order valence-corrected chi connectivity index (χ0v) is 30.0. The van der Waals surface area contributed by atoms with Crippen molar-refractivity contribution in [2.75, 3.05) is 19.6 Å². The normalized spacial score (nSPS) is 16.2. The summed E-state index contributed by atoms with van der Waals surface area (Å²) >= 11 is 0. The minimum absolute atomic E-state index is 0.0410. The monoisotopic (exact) mass is 752 g/mol. The summed E-state index contributed by atoms with van der Waals surface area (Å²) in [5, 5.41) is 7.57. The summed E-state index contributed by atoms with van der Waals surface area (Å²) in [7, 11) is 0. The maximum Gasteiger partial charge on any atom is 0.573 e. The number of carbonyl (C=O) groups excluding carboxylic acids is 2. The van der Waals surface area contributed by atoms with Gasteiger partial charge in [0.15, 0.2) is 0 Å². The second-order valence-electron chi connectivity index (χ2n) is 13.2. The Bertz CT molecular complexity index is 1620. The van der Waals surface area contributed by atoms with E-state index >= 15 is 0 Å². The van der Waals surface area contributed by atoms with Gasteiger partial charge >= 0.3 is 12.5 Å². The molecule has 1 aliphatic rings. The number of amides is 1. The molecule has 1 aliphatic heterocycles. The molecule has 3 aromatic rings.